The lowest BCUT2D eigenvalue weighted by Gasteiger charge is -2.35. The zero-order valence-electron chi connectivity index (χ0n) is 15.9. The highest BCUT2D eigenvalue weighted by Gasteiger charge is 2.64. The fourth-order valence-corrected chi connectivity index (χ4v) is 4.78. The predicted octanol–water partition coefficient (Wildman–Crippen LogP) is 1.31. The Kier molecular flexibility index (Phi) is 5.00. The number of phosphoric acid groups is 1. The van der Waals surface area contributed by atoms with Crippen LogP contribution in [-0.4, -0.2) is 62.0 Å². The van der Waals surface area contributed by atoms with Crippen LogP contribution in [0.1, 0.15) is 27.0 Å². The third-order valence-corrected chi connectivity index (χ3v) is 5.92. The number of hydrogen-bond acceptors (Lipinski definition) is 11. The minimum Gasteiger partial charge on any atom is -0.476 e. The van der Waals surface area contributed by atoms with E-state index >= 15 is 4.39 Å². The maximum Gasteiger partial charge on any atom is 0.475 e. The predicted molar refractivity (Wildman–Crippen MR) is 95.5 cm³/mol. The number of nitrogen functional groups attached to an aromatic ring is 1. The standard InChI is InChI=1S/C15H21FN5O7P/c1-4-24-12-8-11(19-14(17)20-12)21(6-18-8)13-9(22)10-15(16,26-13)5-25-29(23,28-10)27-7(2)3/h6-7,9-10,13,22H,4-5H2,1-3H3,(H2,17,19,20). The van der Waals surface area contributed by atoms with Crippen LogP contribution in [0.3, 0.4) is 0 Å². The molecule has 160 valence electrons. The summed E-state index contributed by atoms with van der Waals surface area (Å²) in [6, 6.07) is 0. The second-order valence-corrected chi connectivity index (χ2v) is 8.40. The van der Waals surface area contributed by atoms with Gasteiger partial charge in [-0.1, -0.05) is 0 Å². The molecule has 2 aromatic heterocycles. The molecule has 4 rings (SSSR count). The molecule has 12 nitrogen and oxygen atoms in total. The van der Waals surface area contributed by atoms with E-state index in [1.165, 1.54) is 10.9 Å². The first-order valence-corrected chi connectivity index (χ1v) is 10.4. The van der Waals surface area contributed by atoms with Crippen molar-refractivity contribution in [2.24, 2.45) is 0 Å². The number of hydrogen-bond donors (Lipinski definition) is 2. The maximum atomic E-state index is 15.3. The van der Waals surface area contributed by atoms with Crippen LogP contribution in [0.5, 0.6) is 5.88 Å². The van der Waals surface area contributed by atoms with Gasteiger partial charge in [0.2, 0.25) is 11.8 Å². The van der Waals surface area contributed by atoms with Gasteiger partial charge in [0.1, 0.15) is 12.7 Å². The van der Waals surface area contributed by atoms with Crippen molar-refractivity contribution < 1.29 is 37.1 Å². The second kappa shape index (κ2) is 7.11. The van der Waals surface area contributed by atoms with Gasteiger partial charge < -0.3 is 20.3 Å². The zero-order valence-corrected chi connectivity index (χ0v) is 16.8. The number of imidazole rings is 1. The Morgan fingerprint density at radius 2 is 2.28 bits per heavy atom. The van der Waals surface area contributed by atoms with Crippen molar-refractivity contribution in [3.8, 4) is 5.88 Å². The molecule has 3 N–H and O–H groups in total. The summed E-state index contributed by atoms with van der Waals surface area (Å²) < 4.78 is 55.2. The van der Waals surface area contributed by atoms with Gasteiger partial charge in [0, 0.05) is 0 Å². The number of nitrogens with zero attached hydrogens (tertiary/aromatic N) is 4. The molecule has 2 fully saturated rings. The van der Waals surface area contributed by atoms with Gasteiger partial charge >= 0.3 is 7.82 Å². The lowest BCUT2D eigenvalue weighted by Crippen LogP contribution is -2.47. The number of alkyl halides is 1. The molecular weight excluding hydrogens is 412 g/mol. The van der Waals surface area contributed by atoms with Crippen LogP contribution in [0.4, 0.5) is 10.3 Å². The molecule has 14 heteroatoms. The molecule has 0 aromatic carbocycles. The quantitative estimate of drug-likeness (QED) is 0.656. The maximum absolute atomic E-state index is 15.3. The number of aromatic nitrogens is 4. The van der Waals surface area contributed by atoms with E-state index in [9.17, 15) is 9.67 Å². The van der Waals surface area contributed by atoms with E-state index in [-0.39, 0.29) is 23.0 Å². The third kappa shape index (κ3) is 3.47. The minimum atomic E-state index is -4.07. The summed E-state index contributed by atoms with van der Waals surface area (Å²) in [5.74, 6) is -2.52. The van der Waals surface area contributed by atoms with Gasteiger partial charge in [0.05, 0.1) is 19.0 Å². The van der Waals surface area contributed by atoms with Gasteiger partial charge in [-0.05, 0) is 20.8 Å². The van der Waals surface area contributed by atoms with Crippen LogP contribution in [0.2, 0.25) is 0 Å². The molecule has 2 aliphatic rings. The van der Waals surface area contributed by atoms with Crippen molar-refractivity contribution in [1.29, 1.82) is 0 Å². The van der Waals surface area contributed by atoms with Gasteiger partial charge in [-0.2, -0.15) is 9.97 Å². The average molecular weight is 433 g/mol. The second-order valence-electron chi connectivity index (χ2n) is 6.83. The molecule has 2 aromatic rings. The molecule has 0 bridgehead atoms. The van der Waals surface area contributed by atoms with Gasteiger partial charge in [-0.15, -0.1) is 0 Å². The molecule has 2 saturated heterocycles. The lowest BCUT2D eigenvalue weighted by atomic mass is 10.1. The van der Waals surface area contributed by atoms with Gasteiger partial charge in [0.15, 0.2) is 23.5 Å². The number of rotatable bonds is 5. The molecule has 0 aliphatic carbocycles. The summed E-state index contributed by atoms with van der Waals surface area (Å²) in [7, 11) is -4.07. The van der Waals surface area contributed by atoms with Crippen molar-refractivity contribution in [3.05, 3.63) is 6.33 Å². The van der Waals surface area contributed by atoms with Crippen LogP contribution in [0.15, 0.2) is 6.33 Å². The highest BCUT2D eigenvalue weighted by Crippen LogP contribution is 2.60. The van der Waals surface area contributed by atoms with Gasteiger partial charge in [-0.25, -0.2) is 13.9 Å². The third-order valence-electron chi connectivity index (χ3n) is 4.31. The monoisotopic (exact) mass is 433 g/mol. The SMILES string of the molecule is CCOc1nc(N)nc2c1ncn2C1OC2(F)COP(=O)(OC(C)C)OC2C1O. The summed E-state index contributed by atoms with van der Waals surface area (Å²) in [5.41, 5.74) is 6.14. The number of phosphoric ester groups is 1. The molecule has 4 heterocycles. The van der Waals surface area contributed by atoms with E-state index < -0.39 is 44.8 Å². The normalized spacial score (nSPS) is 34.6. The highest BCUT2D eigenvalue weighted by atomic mass is 31.2. The summed E-state index contributed by atoms with van der Waals surface area (Å²) in [5, 5.41) is 10.7. The first-order valence-electron chi connectivity index (χ1n) is 8.95. The van der Waals surface area contributed by atoms with Crippen LogP contribution < -0.4 is 10.5 Å². The van der Waals surface area contributed by atoms with E-state index in [2.05, 4.69) is 15.0 Å². The molecule has 5 atom stereocenters. The Bertz CT molecular complexity index is 974. The van der Waals surface area contributed by atoms with Crippen molar-refractivity contribution in [2.75, 3.05) is 18.9 Å². The van der Waals surface area contributed by atoms with Crippen molar-refractivity contribution >= 4 is 24.9 Å². The smallest absolute Gasteiger partial charge is 0.475 e. The van der Waals surface area contributed by atoms with Crippen LogP contribution >= 0.6 is 7.82 Å². The molecule has 29 heavy (non-hydrogen) atoms. The van der Waals surface area contributed by atoms with Crippen LogP contribution in [-0.2, 0) is 22.9 Å². The number of aliphatic hydroxyl groups is 1. The van der Waals surface area contributed by atoms with E-state index in [1.807, 2.05) is 0 Å². The zero-order chi connectivity index (χ0) is 21.0. The fraction of sp³-hybridized carbons (Fsp3) is 0.667. The molecule has 0 radical (unpaired) electrons. The molecular formula is C15H21FN5O7P. The van der Waals surface area contributed by atoms with Crippen molar-refractivity contribution in [1.82, 2.24) is 19.5 Å². The number of anilines is 1. The molecule has 5 unspecified atom stereocenters. The number of fused-ring (bicyclic) bond motifs is 2. The number of nitrogens with two attached hydrogens (primary N) is 1. The Morgan fingerprint density at radius 1 is 1.52 bits per heavy atom. The van der Waals surface area contributed by atoms with E-state index in [0.29, 0.717) is 6.61 Å². The molecule has 0 amide bonds. The summed E-state index contributed by atoms with van der Waals surface area (Å²) in [6.45, 7) is 4.56. The Morgan fingerprint density at radius 3 is 2.97 bits per heavy atom. The summed E-state index contributed by atoms with van der Waals surface area (Å²) in [6.07, 6.45) is -3.72. The fourth-order valence-electron chi connectivity index (χ4n) is 3.20. The van der Waals surface area contributed by atoms with E-state index in [0.717, 1.165) is 0 Å². The number of ether oxygens (including phenoxy) is 2. The van der Waals surface area contributed by atoms with Crippen molar-refractivity contribution in [3.63, 3.8) is 0 Å². The first-order chi connectivity index (χ1) is 13.7. The summed E-state index contributed by atoms with van der Waals surface area (Å²) in [4.78, 5) is 12.2. The van der Waals surface area contributed by atoms with Gasteiger partial charge in [0.25, 0.3) is 5.85 Å². The van der Waals surface area contributed by atoms with Crippen LogP contribution in [0, 0.1) is 0 Å². The Balaban J connectivity index is 1.69. The van der Waals surface area contributed by atoms with E-state index in [1.54, 1.807) is 20.8 Å². The lowest BCUT2D eigenvalue weighted by molar-refractivity contribution is -0.220. The van der Waals surface area contributed by atoms with Crippen LogP contribution in [0.25, 0.3) is 11.2 Å². The molecule has 0 saturated carbocycles. The molecule has 2 aliphatic heterocycles. The first kappa shape index (κ1) is 20.4. The Hall–Kier alpha value is -1.89. The minimum absolute atomic E-state index is 0.100. The van der Waals surface area contributed by atoms with E-state index in [4.69, 9.17) is 28.8 Å². The van der Waals surface area contributed by atoms with Crippen molar-refractivity contribution in [2.45, 2.75) is 51.2 Å². The average Bonchev–Trinajstić information content (AvgIpc) is 3.15. The van der Waals surface area contributed by atoms with Gasteiger partial charge in [-0.3, -0.25) is 18.1 Å². The Labute approximate surface area is 164 Å². The highest BCUT2D eigenvalue weighted by molar-refractivity contribution is 7.48. The topological polar surface area (TPSA) is 153 Å². The largest absolute Gasteiger partial charge is 0.476 e. The number of halogens is 1. The molecule has 0 spiro atoms. The summed E-state index contributed by atoms with van der Waals surface area (Å²) >= 11 is 0. The number of aliphatic hydroxyl groups excluding tert-OH is 1.